The smallest absolute Gasteiger partial charge is 0.158 e. The maximum atomic E-state index is 12.5. The Morgan fingerprint density at radius 1 is 1.56 bits per heavy atom. The first kappa shape index (κ1) is 13.7. The van der Waals surface area contributed by atoms with Crippen LogP contribution in [-0.2, 0) is 18.3 Å². The highest BCUT2D eigenvalue weighted by atomic mass is 79.9. The molecule has 1 N–H and O–H groups in total. The van der Waals surface area contributed by atoms with Crippen molar-refractivity contribution >= 4 is 21.7 Å². The molecule has 2 rings (SSSR count). The number of Topliss-reactive ketones (excluding diaryl/α,β-unsaturated/α-hetero) is 1. The lowest BCUT2D eigenvalue weighted by molar-refractivity contribution is -0.125. The molecule has 5 heteroatoms. The molecule has 0 aliphatic carbocycles. The number of hydrogen-bond acceptors (Lipinski definition) is 3. The molecule has 1 atom stereocenters. The van der Waals surface area contributed by atoms with E-state index in [-0.39, 0.29) is 11.3 Å². The first-order valence-corrected chi connectivity index (χ1v) is 7.19. The number of nitrogens with zero attached hydrogens (tertiary/aromatic N) is 2. The van der Waals surface area contributed by atoms with Crippen molar-refractivity contribution in [1.29, 1.82) is 0 Å². The lowest BCUT2D eigenvalue weighted by atomic mass is 9.85. The molecule has 1 aliphatic rings. The first-order valence-electron chi connectivity index (χ1n) is 6.40. The second-order valence-electron chi connectivity index (χ2n) is 5.29. The minimum absolute atomic E-state index is 0.255. The fraction of sp³-hybridized carbons (Fsp3) is 0.692. The van der Waals surface area contributed by atoms with Crippen molar-refractivity contribution in [1.82, 2.24) is 15.1 Å². The summed E-state index contributed by atoms with van der Waals surface area (Å²) in [7, 11) is 1.89. The van der Waals surface area contributed by atoms with Gasteiger partial charge in [0.1, 0.15) is 0 Å². The minimum Gasteiger partial charge on any atom is -0.305 e. The average molecular weight is 314 g/mol. The normalized spacial score (nSPS) is 24.2. The molecule has 0 amide bonds. The van der Waals surface area contributed by atoms with Crippen molar-refractivity contribution < 1.29 is 4.79 Å². The van der Waals surface area contributed by atoms with Crippen LogP contribution in [-0.4, -0.2) is 27.6 Å². The fourth-order valence-corrected chi connectivity index (χ4v) is 2.99. The summed E-state index contributed by atoms with van der Waals surface area (Å²) in [6.07, 6.45) is 3.65. The first-order chi connectivity index (χ1) is 8.44. The maximum absolute atomic E-state index is 12.5. The van der Waals surface area contributed by atoms with Gasteiger partial charge < -0.3 is 5.32 Å². The summed E-state index contributed by atoms with van der Waals surface area (Å²) in [6, 6.07) is 0. The molecule has 2 heterocycles. The number of rotatable bonds is 3. The standard InChI is InChI=1S/C13H20BrN3O/c1-9-12(14)10(17(3)16-9)8-11(18)13(2)6-4-5-7-15-13/h15H,4-8H2,1-3H3. The molecule has 1 aliphatic heterocycles. The Bertz CT molecular complexity index is 461. The van der Waals surface area contributed by atoms with Crippen LogP contribution >= 0.6 is 15.9 Å². The number of carbonyl (C=O) groups is 1. The summed E-state index contributed by atoms with van der Waals surface area (Å²) in [5.74, 6) is 0.255. The van der Waals surface area contributed by atoms with E-state index in [1.165, 1.54) is 0 Å². The molecule has 0 aromatic carbocycles. The van der Waals surface area contributed by atoms with E-state index >= 15 is 0 Å². The Hall–Kier alpha value is -0.680. The van der Waals surface area contributed by atoms with Gasteiger partial charge in [0.2, 0.25) is 0 Å². The number of aromatic nitrogens is 2. The molecule has 4 nitrogen and oxygen atoms in total. The molecule has 0 spiro atoms. The van der Waals surface area contributed by atoms with Gasteiger partial charge >= 0.3 is 0 Å². The third-order valence-corrected chi connectivity index (χ3v) is 4.86. The van der Waals surface area contributed by atoms with Crippen molar-refractivity contribution in [3.05, 3.63) is 15.9 Å². The van der Waals surface area contributed by atoms with Crippen molar-refractivity contribution in [3.63, 3.8) is 0 Å². The highest BCUT2D eigenvalue weighted by Crippen LogP contribution is 2.25. The quantitative estimate of drug-likeness (QED) is 0.930. The van der Waals surface area contributed by atoms with Crippen molar-refractivity contribution in [2.24, 2.45) is 7.05 Å². The summed E-state index contributed by atoms with van der Waals surface area (Å²) < 4.78 is 2.75. The summed E-state index contributed by atoms with van der Waals surface area (Å²) in [6.45, 7) is 4.90. The minimum atomic E-state index is -0.365. The third-order valence-electron chi connectivity index (χ3n) is 3.82. The van der Waals surface area contributed by atoms with E-state index in [0.29, 0.717) is 6.42 Å². The molecule has 1 unspecified atom stereocenters. The molecule has 18 heavy (non-hydrogen) atoms. The average Bonchev–Trinajstić information content (AvgIpc) is 2.57. The van der Waals surface area contributed by atoms with E-state index in [1.807, 2.05) is 20.9 Å². The molecule has 1 aromatic heterocycles. The van der Waals surface area contributed by atoms with Crippen LogP contribution in [0.3, 0.4) is 0 Å². The Kier molecular flexibility index (Phi) is 3.92. The Morgan fingerprint density at radius 3 is 2.78 bits per heavy atom. The van der Waals surface area contributed by atoms with Crippen LogP contribution in [0.25, 0.3) is 0 Å². The van der Waals surface area contributed by atoms with Crippen LogP contribution in [0.5, 0.6) is 0 Å². The van der Waals surface area contributed by atoms with Crippen molar-refractivity contribution in [2.45, 2.75) is 45.1 Å². The highest BCUT2D eigenvalue weighted by Gasteiger charge is 2.34. The molecular formula is C13H20BrN3O. The number of nitrogens with one attached hydrogen (secondary N) is 1. The van der Waals surface area contributed by atoms with Gasteiger partial charge in [-0.25, -0.2) is 0 Å². The number of ketones is 1. The lowest BCUT2D eigenvalue weighted by Crippen LogP contribution is -2.52. The molecular weight excluding hydrogens is 294 g/mol. The molecule has 1 fully saturated rings. The molecule has 1 saturated heterocycles. The maximum Gasteiger partial charge on any atom is 0.158 e. The van der Waals surface area contributed by atoms with Crippen molar-refractivity contribution in [2.75, 3.05) is 6.54 Å². The number of piperidine rings is 1. The Labute approximate surface area is 116 Å². The molecule has 1 aromatic rings. The van der Waals surface area contributed by atoms with Gasteiger partial charge in [-0.05, 0) is 55.6 Å². The summed E-state index contributed by atoms with van der Waals surface area (Å²) in [5.41, 5.74) is 1.53. The zero-order chi connectivity index (χ0) is 13.3. The van der Waals surface area contributed by atoms with Gasteiger partial charge in [0.15, 0.2) is 5.78 Å². The topological polar surface area (TPSA) is 46.9 Å². The molecule has 0 bridgehead atoms. The monoisotopic (exact) mass is 313 g/mol. The molecule has 0 saturated carbocycles. The van der Waals surface area contributed by atoms with Gasteiger partial charge in [-0.2, -0.15) is 5.10 Å². The van der Waals surface area contributed by atoms with E-state index in [4.69, 9.17) is 0 Å². The lowest BCUT2D eigenvalue weighted by Gasteiger charge is -2.33. The molecule has 100 valence electrons. The summed E-state index contributed by atoms with van der Waals surface area (Å²) in [4.78, 5) is 12.5. The number of hydrogen-bond donors (Lipinski definition) is 1. The van der Waals surface area contributed by atoms with E-state index < -0.39 is 0 Å². The van der Waals surface area contributed by atoms with Crippen LogP contribution in [0.2, 0.25) is 0 Å². The number of carbonyl (C=O) groups excluding carboxylic acids is 1. The van der Waals surface area contributed by atoms with E-state index in [0.717, 1.165) is 41.7 Å². The second-order valence-corrected chi connectivity index (χ2v) is 6.08. The van der Waals surface area contributed by atoms with Crippen LogP contribution in [0, 0.1) is 6.92 Å². The van der Waals surface area contributed by atoms with Crippen LogP contribution < -0.4 is 5.32 Å². The number of halogens is 1. The molecule has 0 radical (unpaired) electrons. The summed E-state index contributed by atoms with van der Waals surface area (Å²) >= 11 is 3.52. The van der Waals surface area contributed by atoms with Crippen LogP contribution in [0.15, 0.2) is 4.47 Å². The van der Waals surface area contributed by atoms with E-state index in [9.17, 15) is 4.79 Å². The van der Waals surface area contributed by atoms with Gasteiger partial charge in [0.05, 0.1) is 27.8 Å². The third kappa shape index (κ3) is 2.52. The predicted octanol–water partition coefficient (Wildman–Crippen LogP) is 2.13. The highest BCUT2D eigenvalue weighted by molar-refractivity contribution is 9.10. The fourth-order valence-electron chi connectivity index (χ4n) is 2.51. The van der Waals surface area contributed by atoms with Gasteiger partial charge in [-0.1, -0.05) is 0 Å². The van der Waals surface area contributed by atoms with E-state index in [1.54, 1.807) is 4.68 Å². The SMILES string of the molecule is Cc1nn(C)c(CC(=O)C2(C)CCCCN2)c1Br. The Balaban J connectivity index is 2.16. The van der Waals surface area contributed by atoms with Gasteiger partial charge in [0, 0.05) is 7.05 Å². The van der Waals surface area contributed by atoms with Gasteiger partial charge in [-0.3, -0.25) is 9.48 Å². The Morgan fingerprint density at radius 2 is 2.28 bits per heavy atom. The van der Waals surface area contributed by atoms with Gasteiger partial charge in [-0.15, -0.1) is 0 Å². The predicted molar refractivity (Wildman–Crippen MR) is 74.6 cm³/mol. The van der Waals surface area contributed by atoms with E-state index in [2.05, 4.69) is 26.3 Å². The zero-order valence-corrected chi connectivity index (χ0v) is 12.8. The second kappa shape index (κ2) is 5.13. The van der Waals surface area contributed by atoms with Crippen LogP contribution in [0.4, 0.5) is 0 Å². The van der Waals surface area contributed by atoms with Crippen molar-refractivity contribution in [3.8, 4) is 0 Å². The largest absolute Gasteiger partial charge is 0.305 e. The zero-order valence-electron chi connectivity index (χ0n) is 11.2. The summed E-state index contributed by atoms with van der Waals surface area (Å²) in [5, 5.41) is 7.70. The number of aryl methyl sites for hydroxylation is 2. The van der Waals surface area contributed by atoms with Crippen LogP contribution in [0.1, 0.15) is 37.6 Å². The van der Waals surface area contributed by atoms with Gasteiger partial charge in [0.25, 0.3) is 0 Å².